The van der Waals surface area contributed by atoms with Crippen molar-refractivity contribution < 1.29 is 18.3 Å². The highest BCUT2D eigenvalue weighted by Gasteiger charge is 2.15. The molecule has 3 nitrogen and oxygen atoms in total. The van der Waals surface area contributed by atoms with Gasteiger partial charge in [0.2, 0.25) is 0 Å². The predicted molar refractivity (Wildman–Crippen MR) is 78.8 cm³/mol. The maximum Gasteiger partial charge on any atom is 0.272 e. The average Bonchev–Trinajstić information content (AvgIpc) is 2.37. The fourth-order valence-corrected chi connectivity index (χ4v) is 2.34. The third-order valence-corrected chi connectivity index (χ3v) is 3.33. The van der Waals surface area contributed by atoms with Crippen LogP contribution < -0.4 is 15.2 Å². The van der Waals surface area contributed by atoms with Crippen LogP contribution in [0.1, 0.15) is 25.8 Å². The molecule has 0 amide bonds. The van der Waals surface area contributed by atoms with E-state index in [9.17, 15) is 8.78 Å². The summed E-state index contributed by atoms with van der Waals surface area (Å²) in [6.45, 7) is 3.62. The van der Waals surface area contributed by atoms with Crippen molar-refractivity contribution in [1.29, 1.82) is 0 Å². The first-order chi connectivity index (χ1) is 9.47. The molecule has 1 unspecified atom stereocenters. The molecule has 0 aliphatic heterocycles. The summed E-state index contributed by atoms with van der Waals surface area (Å²) in [5.74, 6) is 0.766. The second-order valence-electron chi connectivity index (χ2n) is 4.41. The molecule has 1 atom stereocenters. The van der Waals surface area contributed by atoms with Gasteiger partial charge in [-0.1, -0.05) is 6.92 Å². The second-order valence-corrected chi connectivity index (χ2v) is 5.27. The van der Waals surface area contributed by atoms with E-state index < -0.39 is 13.0 Å². The van der Waals surface area contributed by atoms with Crippen molar-refractivity contribution in [2.75, 3.05) is 13.2 Å². The lowest BCUT2D eigenvalue weighted by Gasteiger charge is -2.16. The van der Waals surface area contributed by atoms with Crippen LogP contribution in [0, 0.1) is 0 Å². The van der Waals surface area contributed by atoms with Crippen molar-refractivity contribution in [2.24, 2.45) is 5.73 Å². The van der Waals surface area contributed by atoms with Crippen LogP contribution in [-0.4, -0.2) is 25.7 Å². The molecule has 20 heavy (non-hydrogen) atoms. The first-order valence-electron chi connectivity index (χ1n) is 6.59. The van der Waals surface area contributed by atoms with Gasteiger partial charge in [0, 0.05) is 6.04 Å². The third kappa shape index (κ3) is 5.25. The molecule has 1 aromatic carbocycles. The standard InChI is InChI=1S/C14H20BrF2NO2/c1-3-10(18)5-9-6-11(15)14(20-8-13(16)17)12(7-9)19-4-2/h6-7,10,13H,3-5,8,18H2,1-2H3. The Bertz CT molecular complexity index is 430. The monoisotopic (exact) mass is 351 g/mol. The van der Waals surface area contributed by atoms with Crippen LogP contribution in [0.15, 0.2) is 16.6 Å². The van der Waals surface area contributed by atoms with Crippen LogP contribution in [-0.2, 0) is 6.42 Å². The van der Waals surface area contributed by atoms with Crippen molar-refractivity contribution in [3.8, 4) is 11.5 Å². The molecule has 0 radical (unpaired) electrons. The lowest BCUT2D eigenvalue weighted by molar-refractivity contribution is 0.0796. The second kappa shape index (κ2) is 8.42. The van der Waals surface area contributed by atoms with Gasteiger partial charge in [0.25, 0.3) is 6.43 Å². The molecule has 0 bridgehead atoms. The van der Waals surface area contributed by atoms with Gasteiger partial charge in [0.1, 0.15) is 6.61 Å². The quantitative estimate of drug-likeness (QED) is 0.775. The highest BCUT2D eigenvalue weighted by Crippen LogP contribution is 2.37. The third-order valence-electron chi connectivity index (χ3n) is 2.75. The van der Waals surface area contributed by atoms with Crippen molar-refractivity contribution in [3.05, 3.63) is 22.2 Å². The van der Waals surface area contributed by atoms with Crippen LogP contribution in [0.5, 0.6) is 11.5 Å². The first kappa shape index (κ1) is 17.2. The van der Waals surface area contributed by atoms with Crippen LogP contribution in [0.2, 0.25) is 0 Å². The van der Waals surface area contributed by atoms with E-state index >= 15 is 0 Å². The van der Waals surface area contributed by atoms with Crippen LogP contribution in [0.4, 0.5) is 8.78 Å². The molecule has 0 heterocycles. The van der Waals surface area contributed by atoms with Gasteiger partial charge in [-0.3, -0.25) is 0 Å². The molecule has 0 aromatic heterocycles. The number of hydrogen-bond acceptors (Lipinski definition) is 3. The van der Waals surface area contributed by atoms with E-state index in [0.29, 0.717) is 29.0 Å². The van der Waals surface area contributed by atoms with Gasteiger partial charge in [-0.15, -0.1) is 0 Å². The smallest absolute Gasteiger partial charge is 0.272 e. The van der Waals surface area contributed by atoms with Gasteiger partial charge in [0.15, 0.2) is 11.5 Å². The number of halogens is 3. The topological polar surface area (TPSA) is 44.5 Å². The van der Waals surface area contributed by atoms with Gasteiger partial charge in [-0.2, -0.15) is 0 Å². The molecule has 0 saturated carbocycles. The minimum absolute atomic E-state index is 0.0595. The highest BCUT2D eigenvalue weighted by atomic mass is 79.9. The van der Waals surface area contributed by atoms with Gasteiger partial charge < -0.3 is 15.2 Å². The Kier molecular flexibility index (Phi) is 7.23. The molecule has 0 saturated heterocycles. The molecule has 1 aromatic rings. The van der Waals surface area contributed by atoms with Crippen LogP contribution in [0.3, 0.4) is 0 Å². The maximum atomic E-state index is 12.3. The fraction of sp³-hybridized carbons (Fsp3) is 0.571. The number of ether oxygens (including phenoxy) is 2. The van der Waals surface area contributed by atoms with Gasteiger partial charge in [0.05, 0.1) is 11.1 Å². The largest absolute Gasteiger partial charge is 0.490 e. The van der Waals surface area contributed by atoms with Gasteiger partial charge in [-0.25, -0.2) is 8.78 Å². The molecule has 1 rings (SSSR count). The Labute approximate surface area is 126 Å². The summed E-state index contributed by atoms with van der Waals surface area (Å²) >= 11 is 3.34. The lowest BCUT2D eigenvalue weighted by Crippen LogP contribution is -2.21. The fourth-order valence-electron chi connectivity index (χ4n) is 1.74. The average molecular weight is 352 g/mol. The Morgan fingerprint density at radius 3 is 2.50 bits per heavy atom. The van der Waals surface area contributed by atoms with E-state index in [0.717, 1.165) is 12.0 Å². The summed E-state index contributed by atoms with van der Waals surface area (Å²) in [6.07, 6.45) is -0.959. The number of rotatable bonds is 8. The summed E-state index contributed by atoms with van der Waals surface area (Å²) in [6, 6.07) is 3.69. The minimum atomic E-state index is -2.52. The predicted octanol–water partition coefficient (Wildman–Crippen LogP) is 3.77. The van der Waals surface area contributed by atoms with E-state index in [1.165, 1.54) is 0 Å². The molecule has 0 aliphatic carbocycles. The number of nitrogens with two attached hydrogens (primary N) is 1. The van der Waals surface area contributed by atoms with Crippen molar-refractivity contribution in [2.45, 2.75) is 39.2 Å². The normalized spacial score (nSPS) is 12.6. The summed E-state index contributed by atoms with van der Waals surface area (Å²) in [5, 5.41) is 0. The van der Waals surface area contributed by atoms with Crippen molar-refractivity contribution >= 4 is 15.9 Å². The molecule has 0 aliphatic rings. The zero-order valence-corrected chi connectivity index (χ0v) is 13.3. The molecule has 0 spiro atoms. The molecular formula is C14H20BrF2NO2. The summed E-state index contributed by atoms with van der Waals surface area (Å²) in [5.41, 5.74) is 6.91. The van der Waals surface area contributed by atoms with Crippen molar-refractivity contribution in [3.63, 3.8) is 0 Å². The van der Waals surface area contributed by atoms with Crippen molar-refractivity contribution in [1.82, 2.24) is 0 Å². The zero-order chi connectivity index (χ0) is 15.1. The Morgan fingerprint density at radius 2 is 1.95 bits per heavy atom. The maximum absolute atomic E-state index is 12.3. The van der Waals surface area contributed by atoms with Gasteiger partial charge >= 0.3 is 0 Å². The zero-order valence-electron chi connectivity index (χ0n) is 11.7. The van der Waals surface area contributed by atoms with E-state index in [1.54, 1.807) is 6.07 Å². The summed E-state index contributed by atoms with van der Waals surface area (Å²) in [7, 11) is 0. The molecule has 114 valence electrons. The van der Waals surface area contributed by atoms with E-state index in [4.69, 9.17) is 15.2 Å². The van der Waals surface area contributed by atoms with E-state index in [1.807, 2.05) is 19.9 Å². The highest BCUT2D eigenvalue weighted by molar-refractivity contribution is 9.10. The first-order valence-corrected chi connectivity index (χ1v) is 7.38. The SMILES string of the molecule is CCOc1cc(CC(N)CC)cc(Br)c1OCC(F)F. The number of hydrogen-bond donors (Lipinski definition) is 1. The molecule has 6 heteroatoms. The molecule has 2 N–H and O–H groups in total. The van der Waals surface area contributed by atoms with E-state index in [2.05, 4.69) is 15.9 Å². The van der Waals surface area contributed by atoms with Gasteiger partial charge in [-0.05, 0) is 53.4 Å². The van der Waals surface area contributed by atoms with E-state index in [-0.39, 0.29) is 6.04 Å². The van der Waals surface area contributed by atoms with Crippen LogP contribution in [0.25, 0.3) is 0 Å². The Hall–Kier alpha value is -0.880. The number of benzene rings is 1. The Balaban J connectivity index is 2.98. The molecular weight excluding hydrogens is 332 g/mol. The lowest BCUT2D eigenvalue weighted by atomic mass is 10.0. The summed E-state index contributed by atoms with van der Waals surface area (Å²) < 4.78 is 35.7. The Morgan fingerprint density at radius 1 is 1.25 bits per heavy atom. The minimum Gasteiger partial charge on any atom is -0.490 e. The summed E-state index contributed by atoms with van der Waals surface area (Å²) in [4.78, 5) is 0. The number of alkyl halides is 2. The molecule has 0 fully saturated rings. The van der Waals surface area contributed by atoms with Crippen LogP contribution >= 0.6 is 15.9 Å².